The smallest absolute Gasteiger partial charge is 0.254 e. The summed E-state index contributed by atoms with van der Waals surface area (Å²) in [6.45, 7) is 0.748. The van der Waals surface area contributed by atoms with Crippen LogP contribution in [-0.2, 0) is 6.42 Å². The van der Waals surface area contributed by atoms with E-state index in [-0.39, 0.29) is 11.9 Å². The maximum atomic E-state index is 13.0. The van der Waals surface area contributed by atoms with Crippen molar-refractivity contribution in [3.63, 3.8) is 0 Å². The Kier molecular flexibility index (Phi) is 3.97. The third-order valence-electron chi connectivity index (χ3n) is 4.13. The predicted octanol–water partition coefficient (Wildman–Crippen LogP) is 5.25. The Balaban J connectivity index is 1.75. The highest BCUT2D eigenvalue weighted by atomic mass is 35.5. The van der Waals surface area contributed by atoms with Gasteiger partial charge in [-0.05, 0) is 59.1 Å². The molecule has 2 nitrogen and oxygen atoms in total. The first kappa shape index (κ1) is 14.9. The summed E-state index contributed by atoms with van der Waals surface area (Å²) < 4.78 is 0. The molecule has 23 heavy (non-hydrogen) atoms. The molecule has 0 saturated heterocycles. The monoisotopic (exact) mass is 359 g/mol. The number of carbonyl (C=O) groups is 1. The lowest BCUT2D eigenvalue weighted by atomic mass is 9.97. The predicted molar refractivity (Wildman–Crippen MR) is 96.7 cm³/mol. The molecule has 116 valence electrons. The Hall–Kier alpha value is -1.62. The topological polar surface area (TPSA) is 20.3 Å². The summed E-state index contributed by atoms with van der Waals surface area (Å²) in [5, 5.41) is 4.85. The average Bonchev–Trinajstić information content (AvgIpc) is 3.25. The number of carbonyl (C=O) groups excluding carboxylic acids is 1. The van der Waals surface area contributed by atoms with Crippen LogP contribution in [0.4, 0.5) is 0 Å². The highest BCUT2D eigenvalue weighted by molar-refractivity contribution is 7.10. The minimum atomic E-state index is 0.0215. The lowest BCUT2D eigenvalue weighted by Crippen LogP contribution is -2.39. The summed E-state index contributed by atoms with van der Waals surface area (Å²) >= 11 is 9.43. The molecule has 0 bridgehead atoms. The molecule has 1 amide bonds. The number of hydrogen-bond donors (Lipinski definition) is 0. The van der Waals surface area contributed by atoms with Gasteiger partial charge < -0.3 is 4.90 Å². The van der Waals surface area contributed by atoms with E-state index < -0.39 is 0 Å². The summed E-state index contributed by atoms with van der Waals surface area (Å²) in [5.74, 6) is 0.0666. The summed E-state index contributed by atoms with van der Waals surface area (Å²) in [7, 11) is 0. The fourth-order valence-electron chi connectivity index (χ4n) is 3.05. The van der Waals surface area contributed by atoms with E-state index in [9.17, 15) is 4.79 Å². The van der Waals surface area contributed by atoms with E-state index in [2.05, 4.69) is 22.9 Å². The van der Waals surface area contributed by atoms with Gasteiger partial charge in [0.2, 0.25) is 0 Å². The molecule has 4 rings (SSSR count). The Morgan fingerprint density at radius 2 is 1.91 bits per heavy atom. The van der Waals surface area contributed by atoms with Crippen molar-refractivity contribution in [1.82, 2.24) is 4.90 Å². The van der Waals surface area contributed by atoms with Gasteiger partial charge in [-0.3, -0.25) is 4.79 Å². The lowest BCUT2D eigenvalue weighted by molar-refractivity contribution is 0.0699. The van der Waals surface area contributed by atoms with Crippen molar-refractivity contribution >= 4 is 40.2 Å². The SMILES string of the molecule is O=C(c1ccc(Cl)cc1)N1CCc2sccc2[C@H]1c1cccs1. The second-order valence-corrected chi connectivity index (χ2v) is 7.89. The van der Waals surface area contributed by atoms with E-state index in [1.807, 2.05) is 11.0 Å². The number of hydrogen-bond acceptors (Lipinski definition) is 3. The number of nitrogens with zero attached hydrogens (tertiary/aromatic N) is 1. The van der Waals surface area contributed by atoms with Crippen molar-refractivity contribution < 1.29 is 4.79 Å². The molecule has 1 atom stereocenters. The molecular weight excluding hydrogens is 346 g/mol. The van der Waals surface area contributed by atoms with Gasteiger partial charge in [-0.2, -0.15) is 0 Å². The molecule has 0 fully saturated rings. The third kappa shape index (κ3) is 2.71. The first-order valence-electron chi connectivity index (χ1n) is 7.40. The van der Waals surface area contributed by atoms with Gasteiger partial charge in [0.25, 0.3) is 5.91 Å². The fraction of sp³-hybridized carbons (Fsp3) is 0.167. The molecule has 5 heteroatoms. The van der Waals surface area contributed by atoms with Crippen molar-refractivity contribution in [3.8, 4) is 0 Å². The van der Waals surface area contributed by atoms with Crippen LogP contribution in [0.1, 0.15) is 31.7 Å². The van der Waals surface area contributed by atoms with Crippen LogP contribution in [0.5, 0.6) is 0 Å². The largest absolute Gasteiger partial charge is 0.326 e. The van der Waals surface area contributed by atoms with E-state index in [1.165, 1.54) is 15.3 Å². The molecule has 1 aromatic carbocycles. The van der Waals surface area contributed by atoms with Crippen molar-refractivity contribution in [2.24, 2.45) is 0 Å². The molecular formula is C18H14ClNOS2. The van der Waals surface area contributed by atoms with Gasteiger partial charge in [-0.1, -0.05) is 17.7 Å². The number of fused-ring (bicyclic) bond motifs is 1. The van der Waals surface area contributed by atoms with Gasteiger partial charge >= 0.3 is 0 Å². The van der Waals surface area contributed by atoms with Crippen LogP contribution in [0.3, 0.4) is 0 Å². The lowest BCUT2D eigenvalue weighted by Gasteiger charge is -2.35. The Bertz CT molecular complexity index is 823. The molecule has 1 aliphatic rings. The Morgan fingerprint density at radius 1 is 1.09 bits per heavy atom. The molecule has 3 aromatic rings. The maximum absolute atomic E-state index is 13.0. The number of amides is 1. The Labute approximate surface area is 148 Å². The van der Waals surface area contributed by atoms with E-state index in [0.29, 0.717) is 10.6 Å². The zero-order valence-electron chi connectivity index (χ0n) is 12.2. The second kappa shape index (κ2) is 6.11. The third-order valence-corrected chi connectivity index (χ3v) is 6.30. The number of thiophene rings is 2. The average molecular weight is 360 g/mol. The van der Waals surface area contributed by atoms with Crippen LogP contribution in [0.15, 0.2) is 53.2 Å². The molecule has 0 aliphatic carbocycles. The van der Waals surface area contributed by atoms with Crippen LogP contribution in [-0.4, -0.2) is 17.4 Å². The first-order valence-corrected chi connectivity index (χ1v) is 9.54. The molecule has 0 saturated carbocycles. The molecule has 0 spiro atoms. The van der Waals surface area contributed by atoms with Gasteiger partial charge in [-0.15, -0.1) is 22.7 Å². The summed E-state index contributed by atoms with van der Waals surface area (Å²) in [6.07, 6.45) is 0.925. The highest BCUT2D eigenvalue weighted by Gasteiger charge is 2.33. The highest BCUT2D eigenvalue weighted by Crippen LogP contribution is 2.40. The molecule has 3 heterocycles. The zero-order chi connectivity index (χ0) is 15.8. The zero-order valence-corrected chi connectivity index (χ0v) is 14.6. The van der Waals surface area contributed by atoms with Crippen LogP contribution in [0.25, 0.3) is 0 Å². The molecule has 0 radical (unpaired) electrons. The minimum absolute atomic E-state index is 0.0215. The van der Waals surface area contributed by atoms with Crippen molar-refractivity contribution in [2.75, 3.05) is 6.54 Å². The number of rotatable bonds is 2. The van der Waals surface area contributed by atoms with Crippen molar-refractivity contribution in [1.29, 1.82) is 0 Å². The molecule has 0 N–H and O–H groups in total. The van der Waals surface area contributed by atoms with Crippen molar-refractivity contribution in [3.05, 3.63) is 79.1 Å². The van der Waals surface area contributed by atoms with Gasteiger partial charge in [0.15, 0.2) is 0 Å². The normalized spacial score (nSPS) is 17.1. The van der Waals surface area contributed by atoms with Gasteiger partial charge in [0.05, 0.1) is 6.04 Å². The molecule has 1 aliphatic heterocycles. The van der Waals surface area contributed by atoms with Gasteiger partial charge in [0.1, 0.15) is 0 Å². The quantitative estimate of drug-likeness (QED) is 0.611. The standard InChI is InChI=1S/C18H14ClNOS2/c19-13-5-3-12(4-6-13)18(21)20-9-7-15-14(8-11-23-15)17(20)16-2-1-10-22-16/h1-6,8,10-11,17H,7,9H2/t17-/m0/s1. The summed E-state index contributed by atoms with van der Waals surface area (Å²) in [6, 6.07) is 13.5. The summed E-state index contributed by atoms with van der Waals surface area (Å²) in [4.78, 5) is 17.6. The Morgan fingerprint density at radius 3 is 2.65 bits per heavy atom. The molecule has 2 aromatic heterocycles. The second-order valence-electron chi connectivity index (χ2n) is 5.47. The van der Waals surface area contributed by atoms with Gasteiger partial charge in [0, 0.05) is 26.9 Å². The van der Waals surface area contributed by atoms with Crippen LogP contribution >= 0.6 is 34.3 Å². The van der Waals surface area contributed by atoms with Gasteiger partial charge in [-0.25, -0.2) is 0 Å². The molecule has 0 unspecified atom stereocenters. The van der Waals surface area contributed by atoms with E-state index in [0.717, 1.165) is 13.0 Å². The van der Waals surface area contributed by atoms with Crippen LogP contribution in [0, 0.1) is 0 Å². The van der Waals surface area contributed by atoms with Crippen molar-refractivity contribution in [2.45, 2.75) is 12.5 Å². The van der Waals surface area contributed by atoms with E-state index in [1.54, 1.807) is 46.9 Å². The first-order chi connectivity index (χ1) is 11.2. The van der Waals surface area contributed by atoms with E-state index in [4.69, 9.17) is 11.6 Å². The fourth-order valence-corrected chi connectivity index (χ4v) is 4.93. The minimum Gasteiger partial charge on any atom is -0.326 e. The van der Waals surface area contributed by atoms with E-state index >= 15 is 0 Å². The maximum Gasteiger partial charge on any atom is 0.254 e. The summed E-state index contributed by atoms with van der Waals surface area (Å²) in [5.41, 5.74) is 1.96. The van der Waals surface area contributed by atoms with Crippen LogP contribution in [0.2, 0.25) is 5.02 Å². The number of halogens is 1. The number of benzene rings is 1. The van der Waals surface area contributed by atoms with Crippen LogP contribution < -0.4 is 0 Å².